The molecule has 27 heavy (non-hydrogen) atoms. The van der Waals surface area contributed by atoms with Gasteiger partial charge in [0.1, 0.15) is 5.75 Å². The molecule has 0 saturated heterocycles. The van der Waals surface area contributed by atoms with Crippen LogP contribution in [0, 0.1) is 0 Å². The molecule has 0 atom stereocenters. The van der Waals surface area contributed by atoms with Crippen molar-refractivity contribution in [2.24, 2.45) is 4.99 Å². The summed E-state index contributed by atoms with van der Waals surface area (Å²) < 4.78 is 5.38. The van der Waals surface area contributed by atoms with E-state index in [9.17, 15) is 0 Å². The van der Waals surface area contributed by atoms with Crippen LogP contribution in [0.15, 0.2) is 53.5 Å². The number of nitrogens with zero attached hydrogens (tertiary/aromatic N) is 2. The van der Waals surface area contributed by atoms with Crippen LogP contribution in [0.25, 0.3) is 0 Å². The average Bonchev–Trinajstić information content (AvgIpc) is 2.68. The molecule has 0 saturated carbocycles. The van der Waals surface area contributed by atoms with Crippen molar-refractivity contribution in [2.75, 3.05) is 39.7 Å². The van der Waals surface area contributed by atoms with Gasteiger partial charge in [0.15, 0.2) is 5.96 Å². The van der Waals surface area contributed by atoms with Crippen molar-refractivity contribution in [3.63, 3.8) is 0 Å². The van der Waals surface area contributed by atoms with Crippen molar-refractivity contribution in [3.8, 4) is 5.75 Å². The molecule has 2 aromatic carbocycles. The maximum absolute atomic E-state index is 5.38. The third-order valence-corrected chi connectivity index (χ3v) is 4.25. The van der Waals surface area contributed by atoms with Crippen LogP contribution in [0.5, 0.6) is 5.75 Å². The molecule has 0 unspecified atom stereocenters. The van der Waals surface area contributed by atoms with Crippen molar-refractivity contribution in [3.05, 3.63) is 59.7 Å². The van der Waals surface area contributed by atoms with E-state index in [4.69, 9.17) is 4.74 Å². The van der Waals surface area contributed by atoms with E-state index in [2.05, 4.69) is 65.0 Å². The van der Waals surface area contributed by atoms with Gasteiger partial charge in [-0.25, -0.2) is 0 Å². The molecule has 148 valence electrons. The Morgan fingerprint density at radius 2 is 1.74 bits per heavy atom. The van der Waals surface area contributed by atoms with Crippen LogP contribution in [0.2, 0.25) is 0 Å². The molecule has 0 heterocycles. The van der Waals surface area contributed by atoms with Crippen molar-refractivity contribution in [1.29, 1.82) is 0 Å². The zero-order chi connectivity index (χ0) is 18.8. The van der Waals surface area contributed by atoms with Crippen LogP contribution in [0.1, 0.15) is 17.5 Å². The number of aryl methyl sites for hydroxylation is 1. The number of guanidine groups is 1. The lowest BCUT2D eigenvalue weighted by molar-refractivity contribution is 0.409. The number of rotatable bonds is 8. The van der Waals surface area contributed by atoms with Gasteiger partial charge in [-0.05, 0) is 36.6 Å². The number of ether oxygens (including phenoxy) is 1. The van der Waals surface area contributed by atoms with Crippen LogP contribution in [0.3, 0.4) is 0 Å². The first-order valence-electron chi connectivity index (χ1n) is 8.96. The molecule has 0 amide bonds. The normalized spacial score (nSPS) is 10.7. The van der Waals surface area contributed by atoms with Crippen molar-refractivity contribution < 1.29 is 4.74 Å². The van der Waals surface area contributed by atoms with Crippen LogP contribution in [-0.2, 0) is 13.0 Å². The Hall–Kier alpha value is -1.96. The quantitative estimate of drug-likeness (QED) is 0.261. The minimum Gasteiger partial charge on any atom is -0.496 e. The van der Waals surface area contributed by atoms with Crippen LogP contribution >= 0.6 is 24.0 Å². The molecule has 0 radical (unpaired) electrons. The Kier molecular flexibility index (Phi) is 10.6. The lowest BCUT2D eigenvalue weighted by Crippen LogP contribution is -2.37. The van der Waals surface area contributed by atoms with E-state index >= 15 is 0 Å². The van der Waals surface area contributed by atoms with Gasteiger partial charge in [0.05, 0.1) is 7.11 Å². The Morgan fingerprint density at radius 1 is 1.04 bits per heavy atom. The smallest absolute Gasteiger partial charge is 0.191 e. The Bertz CT molecular complexity index is 702. The van der Waals surface area contributed by atoms with Gasteiger partial charge in [-0.1, -0.05) is 30.3 Å². The number of methoxy groups -OCH3 is 1. The van der Waals surface area contributed by atoms with Crippen LogP contribution in [0.4, 0.5) is 5.69 Å². The second kappa shape index (κ2) is 12.4. The van der Waals surface area contributed by atoms with E-state index in [1.807, 2.05) is 18.2 Å². The fourth-order valence-corrected chi connectivity index (χ4v) is 2.71. The van der Waals surface area contributed by atoms with Gasteiger partial charge < -0.3 is 20.3 Å². The molecule has 6 heteroatoms. The fraction of sp³-hybridized carbons (Fsp3) is 0.381. The summed E-state index contributed by atoms with van der Waals surface area (Å²) >= 11 is 0. The fourth-order valence-electron chi connectivity index (χ4n) is 2.71. The van der Waals surface area contributed by atoms with E-state index < -0.39 is 0 Å². The largest absolute Gasteiger partial charge is 0.496 e. The number of hydrogen-bond acceptors (Lipinski definition) is 3. The highest BCUT2D eigenvalue weighted by Crippen LogP contribution is 2.16. The molecule has 0 aromatic heterocycles. The summed E-state index contributed by atoms with van der Waals surface area (Å²) in [7, 11) is 7.60. The molecule has 0 aliphatic heterocycles. The summed E-state index contributed by atoms with van der Waals surface area (Å²) in [5.41, 5.74) is 3.70. The van der Waals surface area contributed by atoms with Gasteiger partial charge in [-0.3, -0.25) is 4.99 Å². The Morgan fingerprint density at radius 3 is 2.37 bits per heavy atom. The second-order valence-electron chi connectivity index (χ2n) is 6.33. The van der Waals surface area contributed by atoms with E-state index in [0.717, 1.165) is 36.7 Å². The lowest BCUT2D eigenvalue weighted by atomic mass is 10.1. The zero-order valence-electron chi connectivity index (χ0n) is 16.7. The van der Waals surface area contributed by atoms with Crippen molar-refractivity contribution >= 4 is 35.6 Å². The Labute approximate surface area is 180 Å². The van der Waals surface area contributed by atoms with Crippen molar-refractivity contribution in [1.82, 2.24) is 10.6 Å². The summed E-state index contributed by atoms with van der Waals surface area (Å²) in [5, 5.41) is 6.70. The number of anilines is 1. The standard InChI is InChI=1S/C21H30N4O.HI/c1-22-21(24-16-18-9-5-6-10-20(18)26-4)23-15-7-8-17-11-13-19(14-12-17)25(2)3;/h5-6,9-14H,7-8,15-16H2,1-4H3,(H2,22,23,24);1H. The minimum absolute atomic E-state index is 0. The molecule has 0 aliphatic rings. The summed E-state index contributed by atoms with van der Waals surface area (Å²) in [6, 6.07) is 16.7. The predicted molar refractivity (Wildman–Crippen MR) is 126 cm³/mol. The molecule has 0 spiro atoms. The van der Waals surface area contributed by atoms with Gasteiger partial charge in [-0.2, -0.15) is 0 Å². The highest BCUT2D eigenvalue weighted by molar-refractivity contribution is 14.0. The molecule has 2 N–H and O–H groups in total. The predicted octanol–water partition coefficient (Wildman–Crippen LogP) is 3.68. The molecular formula is C21H31IN4O. The molecule has 0 bridgehead atoms. The number of nitrogens with one attached hydrogen (secondary N) is 2. The van der Waals surface area contributed by atoms with Gasteiger partial charge in [0.2, 0.25) is 0 Å². The summed E-state index contributed by atoms with van der Waals surface area (Å²) in [5.74, 6) is 1.69. The van der Waals surface area contributed by atoms with Crippen LogP contribution < -0.4 is 20.3 Å². The zero-order valence-corrected chi connectivity index (χ0v) is 19.0. The second-order valence-corrected chi connectivity index (χ2v) is 6.33. The molecule has 5 nitrogen and oxygen atoms in total. The molecular weight excluding hydrogens is 451 g/mol. The number of benzene rings is 2. The SMILES string of the molecule is CN=C(NCCCc1ccc(N(C)C)cc1)NCc1ccccc1OC.I. The number of para-hydroxylation sites is 1. The molecule has 2 rings (SSSR count). The summed E-state index contributed by atoms with van der Waals surface area (Å²) in [6.07, 6.45) is 2.10. The maximum atomic E-state index is 5.38. The molecule has 0 aliphatic carbocycles. The number of hydrogen-bond donors (Lipinski definition) is 2. The van der Waals surface area contributed by atoms with E-state index in [0.29, 0.717) is 6.54 Å². The first-order valence-corrected chi connectivity index (χ1v) is 8.96. The summed E-state index contributed by atoms with van der Waals surface area (Å²) in [4.78, 5) is 6.40. The highest BCUT2D eigenvalue weighted by Gasteiger charge is 2.03. The lowest BCUT2D eigenvalue weighted by Gasteiger charge is -2.14. The van der Waals surface area contributed by atoms with Gasteiger partial charge >= 0.3 is 0 Å². The van der Waals surface area contributed by atoms with Gasteiger partial charge in [0.25, 0.3) is 0 Å². The first kappa shape index (κ1) is 23.1. The molecule has 0 fully saturated rings. The summed E-state index contributed by atoms with van der Waals surface area (Å²) in [6.45, 7) is 1.55. The number of aliphatic imine (C=N–C) groups is 1. The monoisotopic (exact) mass is 482 g/mol. The van der Waals surface area contributed by atoms with E-state index in [1.54, 1.807) is 14.2 Å². The average molecular weight is 482 g/mol. The topological polar surface area (TPSA) is 48.9 Å². The van der Waals surface area contributed by atoms with Gasteiger partial charge in [-0.15, -0.1) is 24.0 Å². The maximum Gasteiger partial charge on any atom is 0.191 e. The third-order valence-electron chi connectivity index (χ3n) is 4.25. The first-order chi connectivity index (χ1) is 12.6. The number of halogens is 1. The minimum atomic E-state index is 0. The van der Waals surface area contributed by atoms with Crippen molar-refractivity contribution in [2.45, 2.75) is 19.4 Å². The Balaban J connectivity index is 0.00000364. The van der Waals surface area contributed by atoms with E-state index in [-0.39, 0.29) is 24.0 Å². The third kappa shape index (κ3) is 7.66. The van der Waals surface area contributed by atoms with Gasteiger partial charge in [0, 0.05) is 45.5 Å². The molecule has 2 aromatic rings. The van der Waals surface area contributed by atoms with Crippen LogP contribution in [-0.4, -0.2) is 40.8 Å². The van der Waals surface area contributed by atoms with E-state index in [1.165, 1.54) is 11.3 Å². The highest BCUT2D eigenvalue weighted by atomic mass is 127.